The Morgan fingerprint density at radius 1 is 0.970 bits per heavy atom. The first kappa shape index (κ1) is 24.2. The average Bonchev–Trinajstić information content (AvgIpc) is 2.71. The van der Waals surface area contributed by atoms with Gasteiger partial charge in [-0.15, -0.1) is 0 Å². The highest BCUT2D eigenvalue weighted by Crippen LogP contribution is 2.30. The van der Waals surface area contributed by atoms with E-state index >= 15 is 0 Å². The maximum Gasteiger partial charge on any atom is 0.264 e. The van der Waals surface area contributed by atoms with Crippen LogP contribution < -0.4 is 14.8 Å². The number of sulfonamides is 1. The number of nitrogens with one attached hydrogen (secondary N) is 2. The van der Waals surface area contributed by atoms with Crippen molar-refractivity contribution in [3.8, 4) is 5.75 Å². The van der Waals surface area contributed by atoms with Crippen molar-refractivity contribution in [3.05, 3.63) is 71.5 Å². The van der Waals surface area contributed by atoms with Gasteiger partial charge in [-0.1, -0.05) is 39.0 Å². The molecule has 0 aliphatic heterocycles. The molecule has 2 aromatic carbocycles. The normalized spacial score (nSPS) is 11.7. The van der Waals surface area contributed by atoms with Crippen LogP contribution in [0.5, 0.6) is 5.75 Å². The van der Waals surface area contributed by atoms with Gasteiger partial charge >= 0.3 is 0 Å². The lowest BCUT2D eigenvalue weighted by molar-refractivity contribution is -0.118. The number of hydrogen-bond donors (Lipinski definition) is 2. The molecule has 1 aromatic heterocycles. The van der Waals surface area contributed by atoms with Gasteiger partial charge in [0.1, 0.15) is 5.75 Å². The minimum absolute atomic E-state index is 0.0116. The third-order valence-electron chi connectivity index (χ3n) is 4.71. The number of benzene rings is 2. The van der Waals surface area contributed by atoms with Crippen LogP contribution in [0.1, 0.15) is 37.7 Å². The van der Waals surface area contributed by atoms with Crippen LogP contribution in [0.2, 0.25) is 0 Å². The van der Waals surface area contributed by atoms with E-state index < -0.39 is 10.0 Å². The summed E-state index contributed by atoms with van der Waals surface area (Å²) in [6.45, 7) is 9.58. The Hall–Kier alpha value is -3.46. The lowest BCUT2D eigenvalue weighted by Crippen LogP contribution is -2.22. The van der Waals surface area contributed by atoms with Crippen LogP contribution in [0.25, 0.3) is 0 Å². The minimum Gasteiger partial charge on any atom is -0.483 e. The number of carbonyl (C=O) groups is 1. The van der Waals surface area contributed by atoms with E-state index in [4.69, 9.17) is 4.74 Å². The highest BCUT2D eigenvalue weighted by Gasteiger charge is 2.19. The Labute approximate surface area is 194 Å². The molecular weight excluding hydrogens is 440 g/mol. The summed E-state index contributed by atoms with van der Waals surface area (Å²) in [5, 5.41) is 2.71. The molecule has 33 heavy (non-hydrogen) atoms. The number of amides is 1. The third-order valence-corrected chi connectivity index (χ3v) is 6.05. The van der Waals surface area contributed by atoms with Crippen LogP contribution in [0.15, 0.2) is 59.5 Å². The van der Waals surface area contributed by atoms with Gasteiger partial charge in [-0.3, -0.25) is 4.79 Å². The van der Waals surface area contributed by atoms with E-state index in [2.05, 4.69) is 40.8 Å². The predicted octanol–water partition coefficient (Wildman–Crippen LogP) is 4.21. The number of aromatic nitrogens is 2. The standard InChI is InChI=1S/C24H28N4O4S/c1-16-14-17(2)26-23(25-16)28-33(30,31)19-12-10-18(11-13-19)27-22(29)15-32-21-9-7-6-8-20(21)24(3,4)5/h6-14H,15H2,1-5H3,(H,27,29)(H,25,26,28). The van der Waals surface area contributed by atoms with Crippen molar-refractivity contribution < 1.29 is 17.9 Å². The molecule has 1 heterocycles. The van der Waals surface area contributed by atoms with Crippen LogP contribution in [0.4, 0.5) is 11.6 Å². The fourth-order valence-corrected chi connectivity index (χ4v) is 4.16. The van der Waals surface area contributed by atoms with Crippen molar-refractivity contribution in [2.24, 2.45) is 0 Å². The van der Waals surface area contributed by atoms with E-state index in [1.54, 1.807) is 19.9 Å². The first-order valence-corrected chi connectivity index (χ1v) is 11.9. The highest BCUT2D eigenvalue weighted by molar-refractivity contribution is 7.92. The van der Waals surface area contributed by atoms with Crippen molar-refractivity contribution in [2.45, 2.75) is 44.9 Å². The molecule has 8 nitrogen and oxygen atoms in total. The van der Waals surface area contributed by atoms with Gasteiger partial charge in [0, 0.05) is 17.1 Å². The Morgan fingerprint density at radius 2 is 1.58 bits per heavy atom. The van der Waals surface area contributed by atoms with Crippen molar-refractivity contribution in [1.82, 2.24) is 9.97 Å². The molecule has 1 amide bonds. The average molecular weight is 469 g/mol. The molecule has 0 aliphatic rings. The van der Waals surface area contributed by atoms with Crippen LogP contribution in [0.3, 0.4) is 0 Å². The Balaban J connectivity index is 1.63. The maximum absolute atomic E-state index is 12.6. The van der Waals surface area contributed by atoms with Gasteiger partial charge in [-0.25, -0.2) is 23.1 Å². The molecule has 0 saturated carbocycles. The second kappa shape index (κ2) is 9.58. The molecule has 0 fully saturated rings. The van der Waals surface area contributed by atoms with Gasteiger partial charge in [-0.05, 0) is 61.2 Å². The van der Waals surface area contributed by atoms with Crippen LogP contribution in [-0.2, 0) is 20.2 Å². The van der Waals surface area contributed by atoms with Crippen molar-refractivity contribution >= 4 is 27.6 Å². The highest BCUT2D eigenvalue weighted by atomic mass is 32.2. The maximum atomic E-state index is 12.6. The van der Waals surface area contributed by atoms with Crippen LogP contribution >= 0.6 is 0 Å². The summed E-state index contributed by atoms with van der Waals surface area (Å²) >= 11 is 0. The number of anilines is 2. The zero-order chi connectivity index (χ0) is 24.2. The summed E-state index contributed by atoms with van der Waals surface area (Å²) in [7, 11) is -3.87. The van der Waals surface area contributed by atoms with Crippen molar-refractivity contribution in [3.63, 3.8) is 0 Å². The summed E-state index contributed by atoms with van der Waals surface area (Å²) in [6, 6.07) is 15.2. The number of para-hydroxylation sites is 1. The molecule has 2 N–H and O–H groups in total. The number of carbonyl (C=O) groups excluding carboxylic acids is 1. The molecule has 0 atom stereocenters. The topological polar surface area (TPSA) is 110 Å². The van der Waals surface area contributed by atoms with E-state index in [-0.39, 0.29) is 28.8 Å². The van der Waals surface area contributed by atoms with Gasteiger partial charge < -0.3 is 10.1 Å². The van der Waals surface area contributed by atoms with Gasteiger partial charge in [-0.2, -0.15) is 0 Å². The predicted molar refractivity (Wildman–Crippen MR) is 128 cm³/mol. The first-order chi connectivity index (χ1) is 15.4. The summed E-state index contributed by atoms with van der Waals surface area (Å²) in [5.74, 6) is 0.315. The summed E-state index contributed by atoms with van der Waals surface area (Å²) in [6.07, 6.45) is 0. The largest absolute Gasteiger partial charge is 0.483 e. The number of aryl methyl sites for hydroxylation is 2. The Morgan fingerprint density at radius 3 is 2.18 bits per heavy atom. The lowest BCUT2D eigenvalue weighted by Gasteiger charge is -2.22. The molecule has 9 heteroatoms. The minimum atomic E-state index is -3.87. The number of hydrogen-bond acceptors (Lipinski definition) is 6. The van der Waals surface area contributed by atoms with Crippen LogP contribution in [0, 0.1) is 13.8 Å². The molecule has 0 radical (unpaired) electrons. The Kier molecular flexibility index (Phi) is 7.02. The monoisotopic (exact) mass is 468 g/mol. The third kappa shape index (κ3) is 6.52. The second-order valence-corrected chi connectivity index (χ2v) is 10.4. The number of rotatable bonds is 7. The molecule has 0 bridgehead atoms. The zero-order valence-corrected chi connectivity index (χ0v) is 20.2. The zero-order valence-electron chi connectivity index (χ0n) is 19.3. The van der Waals surface area contributed by atoms with Crippen molar-refractivity contribution in [2.75, 3.05) is 16.6 Å². The molecule has 3 rings (SSSR count). The first-order valence-electron chi connectivity index (χ1n) is 10.4. The van der Waals surface area contributed by atoms with E-state index in [1.807, 2.05) is 24.3 Å². The smallest absolute Gasteiger partial charge is 0.264 e. The molecule has 0 spiro atoms. The molecule has 0 aliphatic carbocycles. The van der Waals surface area contributed by atoms with E-state index in [0.717, 1.165) is 5.56 Å². The number of nitrogens with zero attached hydrogens (tertiary/aromatic N) is 2. The number of ether oxygens (including phenoxy) is 1. The Bertz CT molecular complexity index is 1230. The van der Waals surface area contributed by atoms with E-state index in [1.165, 1.54) is 24.3 Å². The van der Waals surface area contributed by atoms with Gasteiger partial charge in [0.05, 0.1) is 4.90 Å². The fraction of sp³-hybridized carbons (Fsp3) is 0.292. The summed E-state index contributed by atoms with van der Waals surface area (Å²) in [4.78, 5) is 20.6. The van der Waals surface area contributed by atoms with Gasteiger partial charge in [0.2, 0.25) is 5.95 Å². The summed E-state index contributed by atoms with van der Waals surface area (Å²) in [5.41, 5.74) is 2.66. The summed E-state index contributed by atoms with van der Waals surface area (Å²) < 4.78 is 33.4. The van der Waals surface area contributed by atoms with Crippen molar-refractivity contribution in [1.29, 1.82) is 0 Å². The molecule has 0 unspecified atom stereocenters. The van der Waals surface area contributed by atoms with E-state index in [9.17, 15) is 13.2 Å². The second-order valence-electron chi connectivity index (χ2n) is 8.69. The molecule has 3 aromatic rings. The molecule has 174 valence electrons. The molecule has 0 saturated heterocycles. The lowest BCUT2D eigenvalue weighted by atomic mass is 9.86. The van der Waals surface area contributed by atoms with Gasteiger partial charge in [0.25, 0.3) is 15.9 Å². The van der Waals surface area contributed by atoms with E-state index in [0.29, 0.717) is 22.8 Å². The molecular formula is C24H28N4O4S. The SMILES string of the molecule is Cc1cc(C)nc(NS(=O)(=O)c2ccc(NC(=O)COc3ccccc3C(C)(C)C)cc2)n1. The fourth-order valence-electron chi connectivity index (χ4n) is 3.22. The van der Waals surface area contributed by atoms with Gasteiger partial charge in [0.15, 0.2) is 6.61 Å². The quantitative estimate of drug-likeness (QED) is 0.537. The van der Waals surface area contributed by atoms with Crippen LogP contribution in [-0.4, -0.2) is 30.9 Å².